The van der Waals surface area contributed by atoms with Crippen LogP contribution in [0.3, 0.4) is 0 Å². The van der Waals surface area contributed by atoms with Crippen LogP contribution in [0.1, 0.15) is 63.1 Å². The van der Waals surface area contributed by atoms with Gasteiger partial charge < -0.3 is 0 Å². The number of hydrogen-bond acceptors (Lipinski definition) is 0. The molecule has 1 nitrogen and oxygen atoms in total. The first-order chi connectivity index (χ1) is 16.9. The smallest absolute Gasteiger partial charge is 0.200 e. The molecule has 1 saturated carbocycles. The minimum absolute atomic E-state index is 0.0945. The zero-order valence-electron chi connectivity index (χ0n) is 25.8. The summed E-state index contributed by atoms with van der Waals surface area (Å²) < 4.78 is 86.4. The van der Waals surface area contributed by atoms with Crippen LogP contribution in [0.5, 0.6) is 0 Å². The molecular formula is C26H30N+. The van der Waals surface area contributed by atoms with Crippen molar-refractivity contribution in [2.24, 2.45) is 12.9 Å². The molecule has 1 aliphatic carbocycles. The molecule has 1 fully saturated rings. The lowest BCUT2D eigenvalue weighted by atomic mass is 9.76. The van der Waals surface area contributed by atoms with Crippen LogP contribution < -0.4 is 4.57 Å². The molecule has 27 heavy (non-hydrogen) atoms. The molecule has 1 aliphatic rings. The molecule has 4 rings (SSSR count). The summed E-state index contributed by atoms with van der Waals surface area (Å²) in [5.41, 5.74) is 4.74. The molecule has 0 aliphatic heterocycles. The normalized spacial score (nSPS) is 38.2. The van der Waals surface area contributed by atoms with Gasteiger partial charge in [0.05, 0.1) is 0 Å². The summed E-state index contributed by atoms with van der Waals surface area (Å²) in [4.78, 5) is 0. The zero-order valence-corrected chi connectivity index (χ0v) is 15.8. The van der Waals surface area contributed by atoms with Crippen molar-refractivity contribution in [2.45, 2.75) is 45.2 Å². The molecule has 0 bridgehead atoms. The second-order valence-electron chi connectivity index (χ2n) is 6.81. The van der Waals surface area contributed by atoms with Crippen molar-refractivity contribution in [3.63, 3.8) is 0 Å². The topological polar surface area (TPSA) is 3.88 Å². The van der Waals surface area contributed by atoms with Crippen molar-refractivity contribution in [2.75, 3.05) is 0 Å². The maximum atomic E-state index is 9.09. The molecule has 138 valence electrons. The zero-order chi connectivity index (χ0) is 27.8. The number of hydrogen-bond donors (Lipinski definition) is 0. The van der Waals surface area contributed by atoms with Crippen molar-refractivity contribution in [3.05, 3.63) is 78.0 Å². The van der Waals surface area contributed by atoms with Crippen molar-refractivity contribution < 1.29 is 18.3 Å². The van der Waals surface area contributed by atoms with E-state index in [0.29, 0.717) is 0 Å². The Hall–Kier alpha value is -2.41. The molecule has 3 aromatic rings. The molecule has 0 N–H and O–H groups in total. The second kappa shape index (κ2) is 7.68. The van der Waals surface area contributed by atoms with E-state index in [1.807, 2.05) is 61.1 Å². The van der Waals surface area contributed by atoms with E-state index < -0.39 is 37.3 Å². The highest BCUT2D eigenvalue weighted by Crippen LogP contribution is 2.38. The van der Waals surface area contributed by atoms with Crippen LogP contribution >= 0.6 is 0 Å². The number of aryl methyl sites for hydroxylation is 2. The molecule has 0 radical (unpaired) electrons. The average molecular weight is 367 g/mol. The molecule has 2 aromatic carbocycles. The SMILES string of the molecule is [2H]C1([2H])C([2H])([2H])C([2H])([2H])C([2H])(c2ccc(-c3ccc(-c4ccccc4C)[n+](C)c3)cc2)C([2H])(C)C1([2H])[2H]. The second-order valence-corrected chi connectivity index (χ2v) is 6.81. The highest BCUT2D eigenvalue weighted by atomic mass is 14.9. The number of benzene rings is 2. The third kappa shape index (κ3) is 3.69. The predicted octanol–water partition coefficient (Wildman–Crippen LogP) is 6.45. The third-order valence-electron chi connectivity index (χ3n) is 4.94. The summed E-state index contributed by atoms with van der Waals surface area (Å²) in [5, 5.41) is 0. The lowest BCUT2D eigenvalue weighted by molar-refractivity contribution is -0.659. The van der Waals surface area contributed by atoms with Gasteiger partial charge in [-0.15, -0.1) is 0 Å². The van der Waals surface area contributed by atoms with Gasteiger partial charge in [0.25, 0.3) is 0 Å². The Bertz CT molecular complexity index is 1320. The minimum atomic E-state index is -3.39. The van der Waals surface area contributed by atoms with Crippen LogP contribution in [-0.4, -0.2) is 0 Å². The first kappa shape index (κ1) is 9.68. The fourth-order valence-electron chi connectivity index (χ4n) is 3.41. The van der Waals surface area contributed by atoms with Crippen LogP contribution in [-0.2, 0) is 7.05 Å². The molecule has 1 aromatic heterocycles. The Kier molecular flexibility index (Phi) is 2.75. The lowest BCUT2D eigenvalue weighted by Crippen LogP contribution is -2.30. The number of aromatic nitrogens is 1. The lowest BCUT2D eigenvalue weighted by Gasteiger charge is -2.29. The first-order valence-corrected chi connectivity index (χ1v) is 9.03. The van der Waals surface area contributed by atoms with Crippen molar-refractivity contribution in [3.8, 4) is 22.4 Å². The van der Waals surface area contributed by atoms with Gasteiger partial charge in [-0.3, -0.25) is 0 Å². The van der Waals surface area contributed by atoms with Crippen molar-refractivity contribution >= 4 is 0 Å². The van der Waals surface area contributed by atoms with Gasteiger partial charge in [-0.2, -0.15) is 0 Å². The summed E-state index contributed by atoms with van der Waals surface area (Å²) >= 11 is 0. The fourth-order valence-corrected chi connectivity index (χ4v) is 3.41. The van der Waals surface area contributed by atoms with E-state index in [9.17, 15) is 0 Å². The number of nitrogens with zero attached hydrogens (tertiary/aromatic N) is 1. The fraction of sp³-hybridized carbons (Fsp3) is 0.346. The molecule has 0 amide bonds. The van der Waals surface area contributed by atoms with E-state index in [1.54, 1.807) is 12.1 Å². The Morgan fingerprint density at radius 3 is 2.37 bits per heavy atom. The van der Waals surface area contributed by atoms with E-state index in [4.69, 9.17) is 13.7 Å². The Morgan fingerprint density at radius 2 is 1.63 bits per heavy atom. The molecule has 1 heteroatoms. The van der Waals surface area contributed by atoms with Gasteiger partial charge in [-0.1, -0.05) is 68.5 Å². The molecular weight excluding hydrogens is 326 g/mol. The van der Waals surface area contributed by atoms with E-state index in [0.717, 1.165) is 34.9 Å². The molecule has 2 unspecified atom stereocenters. The van der Waals surface area contributed by atoms with Crippen LogP contribution in [0, 0.1) is 12.8 Å². The van der Waals surface area contributed by atoms with Crippen molar-refractivity contribution in [1.29, 1.82) is 0 Å². The first-order valence-electron chi connectivity index (χ1n) is 14.0. The number of rotatable bonds is 3. The van der Waals surface area contributed by atoms with Gasteiger partial charge in [0.1, 0.15) is 7.05 Å². The summed E-state index contributed by atoms with van der Waals surface area (Å²) in [6.45, 7) is 3.02. The minimum Gasteiger partial charge on any atom is -0.200 e. The van der Waals surface area contributed by atoms with Gasteiger partial charge in [-0.25, -0.2) is 4.57 Å². The summed E-state index contributed by atoms with van der Waals surface area (Å²) in [6.07, 6.45) is -11.2. The van der Waals surface area contributed by atoms with Gasteiger partial charge >= 0.3 is 0 Å². The van der Waals surface area contributed by atoms with E-state index in [-0.39, 0.29) is 5.56 Å². The molecule has 2 atom stereocenters. The van der Waals surface area contributed by atoms with E-state index in [2.05, 4.69) is 0 Å². The van der Waals surface area contributed by atoms with Crippen LogP contribution in [0.15, 0.2) is 66.9 Å². The van der Waals surface area contributed by atoms with Gasteiger partial charge in [0.2, 0.25) is 5.69 Å². The molecule has 1 heterocycles. The largest absolute Gasteiger partial charge is 0.212 e. The van der Waals surface area contributed by atoms with Crippen LogP contribution in [0.2, 0.25) is 0 Å². The molecule has 0 spiro atoms. The summed E-state index contributed by atoms with van der Waals surface area (Å²) in [7, 11) is 1.93. The average Bonchev–Trinajstić information content (AvgIpc) is 2.83. The Balaban J connectivity index is 1.79. The van der Waals surface area contributed by atoms with Crippen molar-refractivity contribution in [1.82, 2.24) is 0 Å². The highest BCUT2D eigenvalue weighted by Gasteiger charge is 2.22. The Morgan fingerprint density at radius 1 is 0.926 bits per heavy atom. The summed E-state index contributed by atoms with van der Waals surface area (Å²) in [5.74, 6) is -5.42. The van der Waals surface area contributed by atoms with E-state index >= 15 is 0 Å². The molecule has 0 saturated heterocycles. The monoisotopic (exact) mass is 366 g/mol. The number of pyridine rings is 1. The van der Waals surface area contributed by atoms with Gasteiger partial charge in [0, 0.05) is 30.9 Å². The van der Waals surface area contributed by atoms with Crippen LogP contribution in [0.25, 0.3) is 22.4 Å². The maximum Gasteiger partial charge on any atom is 0.212 e. The van der Waals surface area contributed by atoms with E-state index in [1.165, 1.54) is 12.1 Å². The third-order valence-corrected chi connectivity index (χ3v) is 4.94. The van der Waals surface area contributed by atoms with Gasteiger partial charge in [-0.05, 0) is 53.9 Å². The quantitative estimate of drug-likeness (QED) is 0.469. The predicted molar refractivity (Wildman–Crippen MR) is 114 cm³/mol. The van der Waals surface area contributed by atoms with Gasteiger partial charge in [0.15, 0.2) is 6.20 Å². The highest BCUT2D eigenvalue weighted by molar-refractivity contribution is 5.66. The van der Waals surface area contributed by atoms with Crippen LogP contribution in [0.4, 0.5) is 0 Å². The Labute approximate surface area is 177 Å². The maximum absolute atomic E-state index is 9.09. The standard InChI is InChI=1S/C26H30N/c1-19-8-4-6-10-24(19)22-14-12-21(13-15-22)23-16-17-26(27(3)18-23)25-11-7-5-9-20(25)2/h5,7,9,11-19,24H,4,6,8,10H2,1-3H3/q+1/i4D2,6D2,8D2,10D2,19D,24D. The summed E-state index contributed by atoms with van der Waals surface area (Å²) in [6, 6.07) is 18.1.